The lowest BCUT2D eigenvalue weighted by atomic mass is 9.88. The van der Waals surface area contributed by atoms with E-state index in [1.165, 1.54) is 44.5 Å². The first-order valence-corrected chi connectivity index (χ1v) is 19.2. The molecule has 7 aromatic rings. The molecule has 0 saturated heterocycles. The van der Waals surface area contributed by atoms with Gasteiger partial charge >= 0.3 is 0 Å². The van der Waals surface area contributed by atoms with Gasteiger partial charge in [-0.25, -0.2) is 9.97 Å². The zero-order valence-electron chi connectivity index (χ0n) is 33.1. The SMILES string of the molecule is Cc1cc(C)c(-c2ccc3ccc4cc(C#Cc5c(C)c(C)c(C#Cc6ccncc6)c(C)c5C)c(-c5c(C)c(C)c(Br)c(C)c5C)nc4c3n2)c(C)c1. The lowest BCUT2D eigenvalue weighted by molar-refractivity contribution is 1.20. The van der Waals surface area contributed by atoms with Gasteiger partial charge in [-0.3, -0.25) is 4.98 Å². The average molecular weight is 767 g/mol. The van der Waals surface area contributed by atoms with Crippen LogP contribution in [0.1, 0.15) is 83.5 Å². The van der Waals surface area contributed by atoms with Gasteiger partial charge in [0.25, 0.3) is 0 Å². The van der Waals surface area contributed by atoms with Gasteiger partial charge in [0.05, 0.1) is 28.0 Å². The molecule has 0 N–H and O–H groups in total. The van der Waals surface area contributed by atoms with Gasteiger partial charge in [0.15, 0.2) is 0 Å². The minimum atomic E-state index is 0.880. The molecule has 4 heteroatoms. The molecule has 3 nitrogen and oxygen atoms in total. The van der Waals surface area contributed by atoms with Gasteiger partial charge in [0, 0.05) is 55.5 Å². The van der Waals surface area contributed by atoms with Crippen molar-refractivity contribution in [2.75, 3.05) is 0 Å². The molecule has 0 aliphatic rings. The number of aromatic nitrogens is 3. The van der Waals surface area contributed by atoms with Crippen molar-refractivity contribution in [2.45, 2.75) is 76.2 Å². The zero-order chi connectivity index (χ0) is 38.6. The summed E-state index contributed by atoms with van der Waals surface area (Å²) in [5, 5.41) is 2.08. The Labute approximate surface area is 328 Å². The highest BCUT2D eigenvalue weighted by Crippen LogP contribution is 2.39. The molecular weight excluding hydrogens is 722 g/mol. The fraction of sp³-hybridized carbons (Fsp3) is 0.220. The second kappa shape index (κ2) is 14.4. The van der Waals surface area contributed by atoms with Gasteiger partial charge in [0.2, 0.25) is 0 Å². The molecule has 3 aromatic heterocycles. The second-order valence-electron chi connectivity index (χ2n) is 14.7. The predicted molar refractivity (Wildman–Crippen MR) is 230 cm³/mol. The topological polar surface area (TPSA) is 38.7 Å². The van der Waals surface area contributed by atoms with Gasteiger partial charge in [-0.2, -0.15) is 0 Å². The van der Waals surface area contributed by atoms with Crippen molar-refractivity contribution in [1.29, 1.82) is 0 Å². The summed E-state index contributed by atoms with van der Waals surface area (Å²) >= 11 is 3.87. The van der Waals surface area contributed by atoms with Crippen LogP contribution >= 0.6 is 15.9 Å². The van der Waals surface area contributed by atoms with Gasteiger partial charge in [-0.05, 0) is 156 Å². The number of fused-ring (bicyclic) bond motifs is 3. The molecule has 266 valence electrons. The molecule has 4 aromatic carbocycles. The van der Waals surface area contributed by atoms with E-state index in [2.05, 4.69) is 163 Å². The summed E-state index contributed by atoms with van der Waals surface area (Å²) in [4.78, 5) is 15.0. The van der Waals surface area contributed by atoms with Crippen LogP contribution in [0.15, 0.2) is 71.5 Å². The number of hydrogen-bond donors (Lipinski definition) is 0. The number of aryl methyl sites for hydroxylation is 3. The van der Waals surface area contributed by atoms with E-state index in [9.17, 15) is 0 Å². The molecule has 3 heterocycles. The maximum atomic E-state index is 5.56. The maximum absolute atomic E-state index is 5.56. The number of rotatable bonds is 2. The van der Waals surface area contributed by atoms with Crippen LogP contribution in [0.2, 0.25) is 0 Å². The van der Waals surface area contributed by atoms with Crippen molar-refractivity contribution in [2.24, 2.45) is 0 Å². The standard InChI is InChI=1S/C50H44BrN3/c1-27-24-28(2)45(29(3)25-27)44-19-16-39-13-14-41-26-40(48(54-50(41)49(39)53-44)46-34(8)36(10)47(51)37(11)35(46)9)15-18-43-32(6)30(4)42(31(5)33(43)7)17-12-38-20-22-52-23-21-38/h13-14,16,19-26H,1-11H3. The molecule has 0 spiro atoms. The van der Waals surface area contributed by atoms with Crippen molar-refractivity contribution < 1.29 is 0 Å². The molecule has 0 atom stereocenters. The van der Waals surface area contributed by atoms with Crippen LogP contribution in [0.5, 0.6) is 0 Å². The fourth-order valence-electron chi connectivity index (χ4n) is 7.84. The van der Waals surface area contributed by atoms with Crippen LogP contribution in [-0.2, 0) is 0 Å². The van der Waals surface area contributed by atoms with E-state index in [0.29, 0.717) is 0 Å². The molecule has 0 radical (unpaired) electrons. The van der Waals surface area contributed by atoms with Crippen LogP contribution in [0, 0.1) is 99.8 Å². The molecule has 0 aliphatic carbocycles. The number of hydrogen-bond acceptors (Lipinski definition) is 3. The minimum absolute atomic E-state index is 0.880. The Kier molecular flexibility index (Phi) is 9.78. The first-order chi connectivity index (χ1) is 25.8. The summed E-state index contributed by atoms with van der Waals surface area (Å²) in [6.07, 6.45) is 3.55. The second-order valence-corrected chi connectivity index (χ2v) is 15.5. The number of nitrogens with zero attached hydrogens (tertiary/aromatic N) is 3. The first kappa shape index (κ1) is 36.8. The van der Waals surface area contributed by atoms with E-state index in [4.69, 9.17) is 9.97 Å². The highest BCUT2D eigenvalue weighted by atomic mass is 79.9. The molecule has 0 aliphatic heterocycles. The van der Waals surface area contributed by atoms with Crippen LogP contribution in [0.4, 0.5) is 0 Å². The van der Waals surface area contributed by atoms with Gasteiger partial charge in [0.1, 0.15) is 0 Å². The Morgan fingerprint density at radius 2 is 1.00 bits per heavy atom. The molecular formula is C50H44BrN3. The Morgan fingerprint density at radius 1 is 0.481 bits per heavy atom. The quantitative estimate of drug-likeness (QED) is 0.130. The third kappa shape index (κ3) is 6.40. The van der Waals surface area contributed by atoms with Crippen molar-refractivity contribution in [1.82, 2.24) is 15.0 Å². The molecule has 7 rings (SSSR count). The van der Waals surface area contributed by atoms with Gasteiger partial charge in [-0.1, -0.05) is 75.5 Å². The van der Waals surface area contributed by atoms with Crippen molar-refractivity contribution in [3.63, 3.8) is 0 Å². The highest BCUT2D eigenvalue weighted by molar-refractivity contribution is 9.10. The summed E-state index contributed by atoms with van der Waals surface area (Å²) in [5.41, 5.74) is 23.0. The summed E-state index contributed by atoms with van der Waals surface area (Å²) in [6.45, 7) is 23.8. The number of pyridine rings is 3. The van der Waals surface area contributed by atoms with E-state index in [-0.39, 0.29) is 0 Å². The number of benzene rings is 4. The first-order valence-electron chi connectivity index (χ1n) is 18.4. The van der Waals surface area contributed by atoms with Crippen LogP contribution in [0.3, 0.4) is 0 Å². The van der Waals surface area contributed by atoms with Gasteiger partial charge < -0.3 is 0 Å². The van der Waals surface area contributed by atoms with Crippen LogP contribution in [-0.4, -0.2) is 15.0 Å². The highest BCUT2D eigenvalue weighted by Gasteiger charge is 2.21. The zero-order valence-corrected chi connectivity index (χ0v) is 34.7. The molecule has 54 heavy (non-hydrogen) atoms. The van der Waals surface area contributed by atoms with E-state index < -0.39 is 0 Å². The Morgan fingerprint density at radius 3 is 1.59 bits per heavy atom. The third-order valence-electron chi connectivity index (χ3n) is 11.3. The van der Waals surface area contributed by atoms with E-state index in [1.807, 2.05) is 12.1 Å². The van der Waals surface area contributed by atoms with Gasteiger partial charge in [-0.15, -0.1) is 0 Å². The van der Waals surface area contributed by atoms with Crippen LogP contribution in [0.25, 0.3) is 44.3 Å². The normalized spacial score (nSPS) is 11.0. The molecule has 0 bridgehead atoms. The molecule has 0 saturated carbocycles. The lowest BCUT2D eigenvalue weighted by Gasteiger charge is -2.19. The Hall–Kier alpha value is -5.55. The van der Waals surface area contributed by atoms with E-state index >= 15 is 0 Å². The smallest absolute Gasteiger partial charge is 0.0973 e. The average Bonchev–Trinajstić information content (AvgIpc) is 3.15. The minimum Gasteiger partial charge on any atom is -0.265 e. The van der Waals surface area contributed by atoms with Crippen molar-refractivity contribution in [3.05, 3.63) is 155 Å². The van der Waals surface area contributed by atoms with Crippen molar-refractivity contribution >= 4 is 37.7 Å². The summed E-state index contributed by atoms with van der Waals surface area (Å²) in [5.74, 6) is 14.1. The van der Waals surface area contributed by atoms with Crippen LogP contribution < -0.4 is 0 Å². The Balaban J connectivity index is 1.48. The summed E-state index contributed by atoms with van der Waals surface area (Å²) in [6, 6.07) is 19.2. The summed E-state index contributed by atoms with van der Waals surface area (Å²) < 4.78 is 1.14. The summed E-state index contributed by atoms with van der Waals surface area (Å²) in [7, 11) is 0. The fourth-order valence-corrected chi connectivity index (χ4v) is 8.43. The van der Waals surface area contributed by atoms with Crippen molar-refractivity contribution in [3.8, 4) is 46.2 Å². The molecule has 0 unspecified atom stereocenters. The lowest BCUT2D eigenvalue weighted by Crippen LogP contribution is -2.03. The van der Waals surface area contributed by atoms with E-state index in [1.54, 1.807) is 12.4 Å². The number of halogens is 1. The maximum Gasteiger partial charge on any atom is 0.0973 e. The largest absolute Gasteiger partial charge is 0.265 e. The predicted octanol–water partition coefficient (Wildman–Crippen LogP) is 12.5. The monoisotopic (exact) mass is 765 g/mol. The third-order valence-corrected chi connectivity index (χ3v) is 12.5. The molecule has 0 fully saturated rings. The molecule has 0 amide bonds. The van der Waals surface area contributed by atoms with E-state index in [0.717, 1.165) is 87.7 Å². The Bertz CT molecular complexity index is 2760.